The Balaban J connectivity index is 3.28. The maximum Gasteiger partial charge on any atom is 0.398 e. The lowest BCUT2D eigenvalue weighted by Gasteiger charge is -1.98. The summed E-state index contributed by atoms with van der Waals surface area (Å²) in [5.41, 5.74) is 0. The predicted molar refractivity (Wildman–Crippen MR) is 24.1 cm³/mol. The highest BCUT2D eigenvalue weighted by molar-refractivity contribution is 8.03. The minimum absolute atomic E-state index is 0.196. The van der Waals surface area contributed by atoms with Crippen LogP contribution in [0.15, 0.2) is 0 Å². The third-order valence-corrected chi connectivity index (χ3v) is 0.901. The first-order valence-corrected chi connectivity index (χ1v) is 2.62. The van der Waals surface area contributed by atoms with Crippen LogP contribution in [0.3, 0.4) is 0 Å². The minimum atomic E-state index is -4.21. The topological polar surface area (TPSA) is 23.8 Å². The number of alkyl halides is 3. The molecule has 0 rings (SSSR count). The molecule has 0 aromatic heterocycles. The molecular weight excluding hydrogens is 139 g/mol. The van der Waals surface area contributed by atoms with Crippen molar-refractivity contribution in [2.24, 2.45) is 0 Å². The van der Waals surface area contributed by atoms with Gasteiger partial charge in [0.15, 0.2) is 0 Å². The number of hydrogen-bond donors (Lipinski definition) is 0. The molecule has 46 valence electrons. The van der Waals surface area contributed by atoms with E-state index in [0.717, 1.165) is 0 Å². The Labute approximate surface area is 48.5 Å². The Hall–Kier alpha value is -0.370. The predicted octanol–water partition coefficient (Wildman–Crippen LogP) is 1.76. The van der Waals surface area contributed by atoms with Crippen LogP contribution in [0.5, 0.6) is 0 Å². The van der Waals surface area contributed by atoms with Gasteiger partial charge in [-0.25, -0.2) is 0 Å². The third-order valence-electron chi connectivity index (χ3n) is 0.300. The number of rotatable bonds is 1. The smallest absolute Gasteiger partial charge is 0.185 e. The number of nitrogens with zero attached hydrogens (tertiary/aromatic N) is 1. The maximum atomic E-state index is 11.1. The molecule has 0 heterocycles. The number of thioether (sulfide) groups is 1. The van der Waals surface area contributed by atoms with Gasteiger partial charge in [-0.05, 0) is 11.8 Å². The van der Waals surface area contributed by atoms with E-state index in [1.165, 1.54) is 5.40 Å². The first-order chi connectivity index (χ1) is 3.56. The zero-order chi connectivity index (χ0) is 6.62. The Morgan fingerprint density at radius 3 is 2.12 bits per heavy atom. The van der Waals surface area contributed by atoms with Crippen LogP contribution in [0.2, 0.25) is 0 Å². The van der Waals surface area contributed by atoms with Gasteiger partial charge in [0.25, 0.3) is 0 Å². The van der Waals surface area contributed by atoms with E-state index in [0.29, 0.717) is 0 Å². The summed E-state index contributed by atoms with van der Waals surface area (Å²) >= 11 is 0.196. The molecule has 0 radical (unpaired) electrons. The average molecular weight is 141 g/mol. The van der Waals surface area contributed by atoms with E-state index in [-0.39, 0.29) is 11.8 Å². The lowest BCUT2D eigenvalue weighted by Crippen LogP contribution is -2.09. The first-order valence-electron chi connectivity index (χ1n) is 1.64. The molecule has 0 aliphatic heterocycles. The van der Waals surface area contributed by atoms with Crippen molar-refractivity contribution >= 4 is 11.8 Å². The van der Waals surface area contributed by atoms with Crippen molar-refractivity contribution in [3.8, 4) is 5.40 Å². The Morgan fingerprint density at radius 1 is 1.50 bits per heavy atom. The first kappa shape index (κ1) is 7.63. The van der Waals surface area contributed by atoms with Crippen molar-refractivity contribution in [1.29, 1.82) is 5.26 Å². The molecule has 0 spiro atoms. The molecule has 5 heteroatoms. The molecule has 0 atom stereocenters. The van der Waals surface area contributed by atoms with Crippen molar-refractivity contribution in [2.75, 3.05) is 5.75 Å². The Kier molecular flexibility index (Phi) is 2.69. The van der Waals surface area contributed by atoms with Crippen molar-refractivity contribution in [3.05, 3.63) is 0 Å². The van der Waals surface area contributed by atoms with Gasteiger partial charge in [0.1, 0.15) is 11.2 Å². The van der Waals surface area contributed by atoms with Crippen LogP contribution in [-0.2, 0) is 0 Å². The Morgan fingerprint density at radius 2 is 2.00 bits per heavy atom. The average Bonchev–Trinajstić information content (AvgIpc) is 1.59. The quantitative estimate of drug-likeness (QED) is 0.519. The van der Waals surface area contributed by atoms with Crippen molar-refractivity contribution in [1.82, 2.24) is 0 Å². The van der Waals surface area contributed by atoms with Crippen molar-refractivity contribution in [3.63, 3.8) is 0 Å². The van der Waals surface area contributed by atoms with E-state index in [2.05, 4.69) is 0 Å². The van der Waals surface area contributed by atoms with E-state index in [9.17, 15) is 13.2 Å². The van der Waals surface area contributed by atoms with Crippen LogP contribution in [-0.4, -0.2) is 11.9 Å². The fourth-order valence-corrected chi connectivity index (χ4v) is 0.342. The van der Waals surface area contributed by atoms with Crippen LogP contribution in [0.25, 0.3) is 0 Å². The molecule has 0 bridgehead atoms. The molecule has 1 nitrogen and oxygen atoms in total. The van der Waals surface area contributed by atoms with Crippen molar-refractivity contribution < 1.29 is 13.2 Å². The zero-order valence-corrected chi connectivity index (χ0v) is 4.51. The fourth-order valence-electron chi connectivity index (χ4n) is 0.114. The SMILES string of the molecule is N#CSCC(F)(F)F. The molecule has 0 N–H and O–H groups in total. The summed E-state index contributed by atoms with van der Waals surface area (Å²) < 4.78 is 33.2. The molecular formula is C3H2F3NS. The molecule has 0 saturated heterocycles. The highest BCUT2D eigenvalue weighted by Gasteiger charge is 2.26. The second-order valence-electron chi connectivity index (χ2n) is 0.995. The number of halogens is 3. The molecule has 8 heavy (non-hydrogen) atoms. The normalized spacial score (nSPS) is 10.8. The summed E-state index contributed by atoms with van der Waals surface area (Å²) in [5.74, 6) is -1.08. The standard InChI is InChI=1S/C3H2F3NS/c4-3(5,6)1-8-2-7/h1H2. The van der Waals surface area contributed by atoms with Gasteiger partial charge in [0.2, 0.25) is 0 Å². The maximum absolute atomic E-state index is 11.1. The van der Waals surface area contributed by atoms with Gasteiger partial charge in [-0.3, -0.25) is 0 Å². The molecule has 0 aliphatic rings. The van der Waals surface area contributed by atoms with E-state index >= 15 is 0 Å². The third kappa shape index (κ3) is 5.63. The van der Waals surface area contributed by atoms with Gasteiger partial charge < -0.3 is 0 Å². The molecule has 0 aromatic rings. The molecule has 0 saturated carbocycles. The van der Waals surface area contributed by atoms with E-state index in [1.54, 1.807) is 0 Å². The van der Waals surface area contributed by atoms with Crippen LogP contribution in [0.4, 0.5) is 13.2 Å². The largest absolute Gasteiger partial charge is 0.398 e. The lowest BCUT2D eigenvalue weighted by molar-refractivity contribution is -0.105. The van der Waals surface area contributed by atoms with Gasteiger partial charge in [-0.1, -0.05) is 0 Å². The summed E-state index contributed by atoms with van der Waals surface area (Å²) in [7, 11) is 0. The zero-order valence-electron chi connectivity index (χ0n) is 3.70. The monoisotopic (exact) mass is 141 g/mol. The highest BCUT2D eigenvalue weighted by Crippen LogP contribution is 2.19. The second-order valence-corrected chi connectivity index (χ2v) is 1.76. The van der Waals surface area contributed by atoms with Crippen LogP contribution in [0.1, 0.15) is 0 Å². The molecule has 0 amide bonds. The van der Waals surface area contributed by atoms with Crippen LogP contribution >= 0.6 is 11.8 Å². The highest BCUT2D eigenvalue weighted by atomic mass is 32.2. The van der Waals surface area contributed by atoms with Gasteiger partial charge in [0.05, 0.1) is 0 Å². The number of hydrogen-bond acceptors (Lipinski definition) is 2. The summed E-state index contributed by atoms with van der Waals surface area (Å²) in [5, 5.41) is 8.96. The Bertz CT molecular complexity index is 102. The van der Waals surface area contributed by atoms with Gasteiger partial charge in [0, 0.05) is 0 Å². The summed E-state index contributed by atoms with van der Waals surface area (Å²) in [6.45, 7) is 0. The van der Waals surface area contributed by atoms with Crippen LogP contribution < -0.4 is 0 Å². The summed E-state index contributed by atoms with van der Waals surface area (Å²) in [4.78, 5) is 0. The molecule has 0 fully saturated rings. The summed E-state index contributed by atoms with van der Waals surface area (Å²) in [6, 6.07) is 0. The minimum Gasteiger partial charge on any atom is -0.185 e. The number of thiocyanates is 1. The molecule has 0 aliphatic carbocycles. The van der Waals surface area contributed by atoms with Gasteiger partial charge >= 0.3 is 6.18 Å². The second kappa shape index (κ2) is 2.82. The van der Waals surface area contributed by atoms with E-state index in [4.69, 9.17) is 5.26 Å². The van der Waals surface area contributed by atoms with Crippen molar-refractivity contribution in [2.45, 2.75) is 6.18 Å². The van der Waals surface area contributed by atoms with E-state index in [1.807, 2.05) is 0 Å². The lowest BCUT2D eigenvalue weighted by atomic mass is 10.8. The summed E-state index contributed by atoms with van der Waals surface area (Å²) in [6.07, 6.45) is -4.21. The fraction of sp³-hybridized carbons (Fsp3) is 0.667. The van der Waals surface area contributed by atoms with Crippen LogP contribution in [0, 0.1) is 10.7 Å². The molecule has 0 aromatic carbocycles. The number of nitriles is 1. The van der Waals surface area contributed by atoms with Gasteiger partial charge in [-0.2, -0.15) is 18.4 Å². The molecule has 0 unspecified atom stereocenters. The van der Waals surface area contributed by atoms with Gasteiger partial charge in [-0.15, -0.1) is 0 Å². The van der Waals surface area contributed by atoms with E-state index < -0.39 is 11.9 Å².